The zero-order valence-corrected chi connectivity index (χ0v) is 15.9. The van der Waals surface area contributed by atoms with Gasteiger partial charge in [0.25, 0.3) is 0 Å². The van der Waals surface area contributed by atoms with E-state index < -0.39 is 41.3 Å². The number of rotatable bonds is 2. The van der Waals surface area contributed by atoms with Crippen molar-refractivity contribution in [3.8, 4) is 5.75 Å². The third kappa shape index (κ3) is 6.21. The Balaban J connectivity index is 0.000000891. The topological polar surface area (TPSA) is 32.6 Å². The van der Waals surface area contributed by atoms with Gasteiger partial charge in [0, 0.05) is 11.8 Å². The summed E-state index contributed by atoms with van der Waals surface area (Å²) in [5.74, 6) is -1.81. The van der Waals surface area contributed by atoms with E-state index in [4.69, 9.17) is 18.6 Å². The van der Waals surface area contributed by atoms with Gasteiger partial charge in [0.1, 0.15) is 11.9 Å². The van der Waals surface area contributed by atoms with E-state index in [9.17, 15) is 22.7 Å². The van der Waals surface area contributed by atoms with Gasteiger partial charge in [-0.1, -0.05) is 12.1 Å². The minimum absolute atomic E-state index is 0.0453. The molecule has 0 heterocycles. The maximum absolute atomic E-state index is 13.8. The van der Waals surface area contributed by atoms with Crippen LogP contribution in [0.25, 0.3) is 0 Å². The first-order chi connectivity index (χ1) is 11.2. The Morgan fingerprint density at radius 3 is 2.50 bits per heavy atom. The summed E-state index contributed by atoms with van der Waals surface area (Å²) >= 11 is -0.556. The van der Waals surface area contributed by atoms with Crippen LogP contribution in [0, 0.1) is 12.8 Å². The third-order valence-corrected chi connectivity index (χ3v) is 3.85. The molecule has 0 aromatic heterocycles. The van der Waals surface area contributed by atoms with Crippen LogP contribution in [0.15, 0.2) is 23.2 Å². The van der Waals surface area contributed by atoms with Crippen molar-refractivity contribution in [1.29, 1.82) is 0 Å². The number of aliphatic imine (C=N–C) groups is 1. The van der Waals surface area contributed by atoms with Crippen LogP contribution < -0.4 is 0 Å². The number of hydrogen-bond acceptors (Lipinski definition) is 2. The molecule has 0 spiro atoms. The monoisotopic (exact) mass is 421 g/mol. The van der Waals surface area contributed by atoms with Crippen molar-refractivity contribution in [2.45, 2.75) is 44.6 Å². The van der Waals surface area contributed by atoms with Gasteiger partial charge in [-0.15, -0.1) is 0 Å². The normalized spacial score (nSPS) is 24.4. The molecule has 0 amide bonds. The molecule has 1 aromatic rings. The SMILES string of the molecule is Cc1cccc(C=NC2C(F)CCCC2C(F)(F)F)c1O.[Cl][Ti][Cl]. The van der Waals surface area contributed by atoms with Gasteiger partial charge >= 0.3 is 41.8 Å². The van der Waals surface area contributed by atoms with Crippen molar-refractivity contribution >= 4 is 24.8 Å². The number of aromatic hydroxyl groups is 1. The first kappa shape index (κ1) is 21.7. The molecule has 24 heavy (non-hydrogen) atoms. The van der Waals surface area contributed by atoms with E-state index >= 15 is 0 Å². The number of benzene rings is 1. The Hall–Kier alpha value is -0.296. The van der Waals surface area contributed by atoms with Gasteiger partial charge in [0.15, 0.2) is 0 Å². The molecule has 1 N–H and O–H groups in total. The van der Waals surface area contributed by atoms with Crippen LogP contribution in [0.5, 0.6) is 5.75 Å². The molecule has 1 aliphatic carbocycles. The maximum atomic E-state index is 13.8. The van der Waals surface area contributed by atoms with E-state index in [0.717, 1.165) is 6.21 Å². The quantitative estimate of drug-likeness (QED) is 0.378. The summed E-state index contributed by atoms with van der Waals surface area (Å²) in [5, 5.41) is 9.81. The van der Waals surface area contributed by atoms with Gasteiger partial charge in [-0.2, -0.15) is 13.2 Å². The molecule has 1 saturated carbocycles. The summed E-state index contributed by atoms with van der Waals surface area (Å²) in [6.45, 7) is 1.67. The fraction of sp³-hybridized carbons (Fsp3) is 0.533. The van der Waals surface area contributed by atoms with Crippen molar-refractivity contribution in [3.63, 3.8) is 0 Å². The molecular formula is C15H17Cl2F4NOTi. The molecule has 2 rings (SSSR count). The van der Waals surface area contributed by atoms with Crippen molar-refractivity contribution in [2.75, 3.05) is 0 Å². The molecule has 3 unspecified atom stereocenters. The van der Waals surface area contributed by atoms with Gasteiger partial charge in [0.2, 0.25) is 0 Å². The van der Waals surface area contributed by atoms with Crippen LogP contribution in [-0.4, -0.2) is 29.7 Å². The van der Waals surface area contributed by atoms with Crippen LogP contribution in [0.1, 0.15) is 30.4 Å². The number of halogens is 6. The summed E-state index contributed by atoms with van der Waals surface area (Å²) in [6.07, 6.45) is -4.72. The molecule has 1 aromatic carbocycles. The summed E-state index contributed by atoms with van der Waals surface area (Å²) < 4.78 is 52.7. The zero-order chi connectivity index (χ0) is 18.3. The molecule has 0 aliphatic heterocycles. The Labute approximate surface area is 154 Å². The molecule has 0 bridgehead atoms. The van der Waals surface area contributed by atoms with Gasteiger partial charge in [-0.25, -0.2) is 4.39 Å². The Kier molecular flexibility index (Phi) is 9.06. The fourth-order valence-electron chi connectivity index (χ4n) is 2.63. The second-order valence-corrected chi connectivity index (χ2v) is 8.03. The van der Waals surface area contributed by atoms with Crippen LogP contribution in [-0.2, 0) is 17.0 Å². The molecule has 0 saturated heterocycles. The standard InChI is InChI=1S/C15H17F4NO.2ClH.Ti/c1-9-4-2-5-10(14(9)21)8-20-13-11(15(17,18)19)6-3-7-12(13)16;;;/h2,4-5,8,11-13,21H,3,6-7H2,1H3;2*1H;/q;;;+2/p-2. The fourth-order valence-corrected chi connectivity index (χ4v) is 2.63. The van der Waals surface area contributed by atoms with Gasteiger partial charge in [-0.05, 0) is 37.8 Å². The van der Waals surface area contributed by atoms with Gasteiger partial charge in [-0.3, -0.25) is 4.99 Å². The number of alkyl halides is 4. The molecule has 2 nitrogen and oxygen atoms in total. The van der Waals surface area contributed by atoms with E-state index in [2.05, 4.69) is 4.99 Å². The number of hydrogen-bond donors (Lipinski definition) is 1. The Morgan fingerprint density at radius 1 is 1.29 bits per heavy atom. The molecule has 3 atom stereocenters. The van der Waals surface area contributed by atoms with Crippen LogP contribution >= 0.6 is 18.6 Å². The zero-order valence-electron chi connectivity index (χ0n) is 12.8. The van der Waals surface area contributed by atoms with Gasteiger partial charge in [0.05, 0.1) is 12.0 Å². The molecule has 9 heteroatoms. The van der Waals surface area contributed by atoms with Crippen LogP contribution in [0.2, 0.25) is 0 Å². The first-order valence-electron chi connectivity index (χ1n) is 7.21. The number of para-hydroxylation sites is 1. The number of nitrogens with zero attached hydrogens (tertiary/aromatic N) is 1. The summed E-state index contributed by atoms with van der Waals surface area (Å²) in [5.41, 5.74) is 0.889. The minimum atomic E-state index is -4.46. The molecular weight excluding hydrogens is 405 g/mol. The van der Waals surface area contributed by atoms with Crippen molar-refractivity contribution < 1.29 is 39.7 Å². The number of aryl methyl sites for hydroxylation is 1. The summed E-state index contributed by atoms with van der Waals surface area (Å²) in [7, 11) is 9.78. The van der Waals surface area contributed by atoms with Crippen LogP contribution in [0.3, 0.4) is 0 Å². The second kappa shape index (κ2) is 10.00. The van der Waals surface area contributed by atoms with E-state index in [0.29, 0.717) is 11.1 Å². The number of phenolic OH excluding ortho intramolecular Hbond substituents is 1. The number of phenols is 1. The average Bonchev–Trinajstić information content (AvgIpc) is 2.49. The average molecular weight is 422 g/mol. The Bertz CT molecular complexity index is 557. The van der Waals surface area contributed by atoms with Crippen molar-refractivity contribution in [1.82, 2.24) is 0 Å². The van der Waals surface area contributed by atoms with E-state index in [1.807, 2.05) is 0 Å². The van der Waals surface area contributed by atoms with Crippen molar-refractivity contribution in [3.05, 3.63) is 29.3 Å². The van der Waals surface area contributed by atoms with Gasteiger partial charge < -0.3 is 5.11 Å². The molecule has 0 radical (unpaired) electrons. The summed E-state index contributed by atoms with van der Waals surface area (Å²) in [6, 6.07) is 3.43. The Morgan fingerprint density at radius 2 is 1.92 bits per heavy atom. The molecule has 134 valence electrons. The summed E-state index contributed by atoms with van der Waals surface area (Å²) in [4.78, 5) is 3.80. The third-order valence-electron chi connectivity index (χ3n) is 3.85. The van der Waals surface area contributed by atoms with E-state index in [1.165, 1.54) is 6.07 Å². The molecule has 1 aliphatic rings. The second-order valence-electron chi connectivity index (χ2n) is 5.45. The van der Waals surface area contributed by atoms with Crippen molar-refractivity contribution in [2.24, 2.45) is 10.9 Å². The first-order valence-corrected chi connectivity index (χ1v) is 11.5. The molecule has 1 fully saturated rings. The van der Waals surface area contributed by atoms with E-state index in [-0.39, 0.29) is 25.0 Å². The predicted molar refractivity (Wildman–Crippen MR) is 84.2 cm³/mol. The van der Waals surface area contributed by atoms with Crippen LogP contribution in [0.4, 0.5) is 17.6 Å². The predicted octanol–water partition coefficient (Wildman–Crippen LogP) is 5.57. The van der Waals surface area contributed by atoms with E-state index in [1.54, 1.807) is 19.1 Å².